The van der Waals surface area contributed by atoms with Gasteiger partial charge in [-0.3, -0.25) is 9.48 Å². The number of fused-ring (bicyclic) bond motifs is 1. The number of amides is 1. The lowest BCUT2D eigenvalue weighted by atomic mass is 9.47. The minimum atomic E-state index is 0.152. The number of hydrogen-bond acceptors (Lipinski definition) is 3. The summed E-state index contributed by atoms with van der Waals surface area (Å²) in [7, 11) is 3.87. The van der Waals surface area contributed by atoms with Gasteiger partial charge in [-0.25, -0.2) is 0 Å². The summed E-state index contributed by atoms with van der Waals surface area (Å²) in [6, 6.07) is 0.757. The van der Waals surface area contributed by atoms with E-state index in [0.29, 0.717) is 23.8 Å². The zero-order valence-corrected chi connectivity index (χ0v) is 16.0. The van der Waals surface area contributed by atoms with E-state index >= 15 is 0 Å². The monoisotopic (exact) mass is 344 g/mol. The van der Waals surface area contributed by atoms with Gasteiger partial charge in [0.2, 0.25) is 5.91 Å². The first-order valence-electron chi connectivity index (χ1n) is 9.87. The molecule has 1 amide bonds. The third-order valence-corrected chi connectivity index (χ3v) is 7.37. The minimum Gasteiger partial charge on any atom is -0.338 e. The maximum Gasteiger partial charge on any atom is 0.223 e. The van der Waals surface area contributed by atoms with E-state index in [1.807, 2.05) is 29.9 Å². The van der Waals surface area contributed by atoms with Crippen LogP contribution in [0.5, 0.6) is 0 Å². The molecule has 2 aliphatic carbocycles. The van der Waals surface area contributed by atoms with Crippen LogP contribution in [-0.2, 0) is 11.8 Å². The highest BCUT2D eigenvalue weighted by molar-refractivity contribution is 5.79. The van der Waals surface area contributed by atoms with Gasteiger partial charge in [0.1, 0.15) is 0 Å². The fourth-order valence-electron chi connectivity index (χ4n) is 6.06. The first kappa shape index (κ1) is 17.1. The van der Waals surface area contributed by atoms with Crippen molar-refractivity contribution in [2.75, 3.05) is 13.6 Å². The lowest BCUT2D eigenvalue weighted by Gasteiger charge is -2.61. The predicted molar refractivity (Wildman–Crippen MR) is 97.8 cm³/mol. The first-order valence-corrected chi connectivity index (χ1v) is 9.87. The smallest absolute Gasteiger partial charge is 0.223 e. The summed E-state index contributed by atoms with van der Waals surface area (Å²) in [5.41, 5.74) is 1.55. The highest BCUT2D eigenvalue weighted by atomic mass is 16.2. The van der Waals surface area contributed by atoms with Crippen molar-refractivity contribution in [3.8, 4) is 0 Å². The molecular formula is C20H32N4O. The van der Waals surface area contributed by atoms with Gasteiger partial charge in [0.05, 0.1) is 12.2 Å². The fraction of sp³-hybridized carbons (Fsp3) is 0.800. The summed E-state index contributed by atoms with van der Waals surface area (Å²) < 4.78 is 1.83. The highest BCUT2D eigenvalue weighted by Gasteiger charge is 2.56. The van der Waals surface area contributed by atoms with Crippen LogP contribution < -0.4 is 5.32 Å². The van der Waals surface area contributed by atoms with Gasteiger partial charge >= 0.3 is 0 Å². The van der Waals surface area contributed by atoms with E-state index in [4.69, 9.17) is 0 Å². The van der Waals surface area contributed by atoms with Gasteiger partial charge in [-0.1, -0.05) is 26.7 Å². The maximum absolute atomic E-state index is 12.3. The molecule has 1 aliphatic heterocycles. The van der Waals surface area contributed by atoms with Gasteiger partial charge in [0, 0.05) is 50.8 Å². The van der Waals surface area contributed by atoms with Crippen LogP contribution in [0.3, 0.4) is 0 Å². The quantitative estimate of drug-likeness (QED) is 0.914. The number of rotatable bonds is 4. The molecule has 0 aromatic carbocycles. The van der Waals surface area contributed by atoms with Gasteiger partial charge in [-0.05, 0) is 30.1 Å². The lowest BCUT2D eigenvalue weighted by molar-refractivity contribution is -0.127. The Morgan fingerprint density at radius 2 is 2.04 bits per heavy atom. The number of nitrogens with zero attached hydrogens (tertiary/aromatic N) is 3. The number of likely N-dealkylation sites (tertiary alicyclic amines) is 1. The van der Waals surface area contributed by atoms with Gasteiger partial charge < -0.3 is 10.2 Å². The Morgan fingerprint density at radius 1 is 1.28 bits per heavy atom. The second-order valence-electron chi connectivity index (χ2n) is 9.12. The van der Waals surface area contributed by atoms with E-state index in [1.54, 1.807) is 0 Å². The molecule has 5 nitrogen and oxygen atoms in total. The van der Waals surface area contributed by atoms with E-state index in [1.165, 1.54) is 25.7 Å². The molecule has 5 atom stereocenters. The van der Waals surface area contributed by atoms with Crippen LogP contribution in [0.4, 0.5) is 0 Å². The molecule has 0 radical (unpaired) electrons. The Morgan fingerprint density at radius 3 is 2.76 bits per heavy atom. The van der Waals surface area contributed by atoms with Crippen LogP contribution >= 0.6 is 0 Å². The Kier molecular flexibility index (Phi) is 4.18. The second-order valence-corrected chi connectivity index (χ2v) is 9.12. The van der Waals surface area contributed by atoms with Crippen LogP contribution in [0.1, 0.15) is 57.6 Å². The topological polar surface area (TPSA) is 50.2 Å². The van der Waals surface area contributed by atoms with Crippen molar-refractivity contribution in [1.29, 1.82) is 0 Å². The Bertz CT molecular complexity index is 652. The molecule has 2 saturated carbocycles. The molecule has 0 spiro atoms. The van der Waals surface area contributed by atoms with Crippen molar-refractivity contribution in [2.24, 2.45) is 30.2 Å². The molecule has 1 N–H and O–H groups in total. The third kappa shape index (κ3) is 2.71. The molecule has 2 heterocycles. The SMILES string of the molecule is CN1C(=O)C[C@@H](CN[C@@H]2[C@@H]3CCCC[C@@H]3C2(C)C)[C@@H]1c1cnn(C)c1. The molecule has 5 heteroatoms. The second kappa shape index (κ2) is 6.11. The highest BCUT2D eigenvalue weighted by Crippen LogP contribution is 2.57. The summed E-state index contributed by atoms with van der Waals surface area (Å²) in [5.74, 6) is 2.32. The van der Waals surface area contributed by atoms with Crippen molar-refractivity contribution in [3.63, 3.8) is 0 Å². The molecule has 4 rings (SSSR count). The van der Waals surface area contributed by atoms with E-state index in [0.717, 1.165) is 23.9 Å². The number of hydrogen-bond donors (Lipinski definition) is 1. The first-order chi connectivity index (χ1) is 11.9. The minimum absolute atomic E-state index is 0.152. The molecule has 1 saturated heterocycles. The fourth-order valence-corrected chi connectivity index (χ4v) is 6.06. The van der Waals surface area contributed by atoms with Gasteiger partial charge in [0.15, 0.2) is 0 Å². The summed E-state index contributed by atoms with van der Waals surface area (Å²) in [5, 5.41) is 8.21. The molecule has 0 unspecified atom stereocenters. The van der Waals surface area contributed by atoms with Crippen LogP contribution in [0.15, 0.2) is 12.4 Å². The van der Waals surface area contributed by atoms with Crippen LogP contribution in [-0.4, -0.2) is 40.2 Å². The van der Waals surface area contributed by atoms with Crippen molar-refractivity contribution < 1.29 is 4.79 Å². The zero-order valence-electron chi connectivity index (χ0n) is 16.0. The van der Waals surface area contributed by atoms with Crippen molar-refractivity contribution in [1.82, 2.24) is 20.0 Å². The molecule has 1 aromatic rings. The van der Waals surface area contributed by atoms with Gasteiger partial charge in [0.25, 0.3) is 0 Å². The average molecular weight is 345 g/mol. The average Bonchev–Trinajstić information content (AvgIpc) is 3.11. The Hall–Kier alpha value is -1.36. The number of nitrogens with one attached hydrogen (secondary N) is 1. The lowest BCUT2D eigenvalue weighted by Crippen LogP contribution is -2.65. The molecule has 25 heavy (non-hydrogen) atoms. The summed E-state index contributed by atoms with van der Waals surface area (Å²) in [4.78, 5) is 14.2. The number of aromatic nitrogens is 2. The molecule has 1 aromatic heterocycles. The summed E-state index contributed by atoms with van der Waals surface area (Å²) in [6.07, 6.45) is 10.2. The van der Waals surface area contributed by atoms with Gasteiger partial charge in [-0.15, -0.1) is 0 Å². The molecule has 0 bridgehead atoms. The van der Waals surface area contributed by atoms with E-state index in [9.17, 15) is 4.79 Å². The van der Waals surface area contributed by atoms with Crippen molar-refractivity contribution in [3.05, 3.63) is 18.0 Å². The van der Waals surface area contributed by atoms with Crippen LogP contribution in [0.2, 0.25) is 0 Å². The molecule has 138 valence electrons. The number of carbonyl (C=O) groups is 1. The normalized spacial score (nSPS) is 37.0. The Labute approximate surface area is 151 Å². The van der Waals surface area contributed by atoms with Crippen molar-refractivity contribution in [2.45, 2.75) is 58.0 Å². The van der Waals surface area contributed by atoms with E-state index in [-0.39, 0.29) is 11.9 Å². The van der Waals surface area contributed by atoms with Crippen LogP contribution in [0.25, 0.3) is 0 Å². The standard InChI is InChI=1S/C20H32N4O/c1-20(2)16-8-6-5-7-15(16)19(20)21-10-13-9-17(25)24(4)18(13)14-11-22-23(3)12-14/h11-13,15-16,18-19,21H,5-10H2,1-4H3/t13-,15+,16-,18+,19+/m0/s1. The molecular weight excluding hydrogens is 312 g/mol. The summed E-state index contributed by atoms with van der Waals surface area (Å²) >= 11 is 0. The van der Waals surface area contributed by atoms with Crippen LogP contribution in [0, 0.1) is 23.2 Å². The molecule has 3 aliphatic rings. The van der Waals surface area contributed by atoms with E-state index in [2.05, 4.69) is 30.5 Å². The summed E-state index contributed by atoms with van der Waals surface area (Å²) in [6.45, 7) is 5.79. The van der Waals surface area contributed by atoms with E-state index < -0.39 is 0 Å². The number of aryl methyl sites for hydroxylation is 1. The zero-order chi connectivity index (χ0) is 17.8. The Balaban J connectivity index is 1.45. The van der Waals surface area contributed by atoms with Gasteiger partial charge in [-0.2, -0.15) is 5.10 Å². The van der Waals surface area contributed by atoms with Crippen molar-refractivity contribution >= 4 is 5.91 Å². The molecule has 3 fully saturated rings. The third-order valence-electron chi connectivity index (χ3n) is 7.37. The number of carbonyl (C=O) groups excluding carboxylic acids is 1. The largest absolute Gasteiger partial charge is 0.338 e. The maximum atomic E-state index is 12.3. The predicted octanol–water partition coefficient (Wildman–Crippen LogP) is 2.74.